The van der Waals surface area contributed by atoms with Gasteiger partial charge in [-0.25, -0.2) is 8.42 Å². The van der Waals surface area contributed by atoms with Gasteiger partial charge in [-0.15, -0.1) is 0 Å². The molecule has 5 heteroatoms. The molecule has 17 heavy (non-hydrogen) atoms. The number of rotatable bonds is 2. The van der Waals surface area contributed by atoms with E-state index in [0.717, 1.165) is 32.1 Å². The number of hydrogen-bond acceptors (Lipinski definition) is 3. The second kappa shape index (κ2) is 4.95. The Kier molecular flexibility index (Phi) is 3.74. The standard InChI is InChI=1S/C12H20N2O2S/c1-10(9-13)17(15,16)14-8-4-6-11-5-2-3-7-12(11)14/h10-12H,2-8H2,1H3/t10?,11-,12-/m1/s1. The molecule has 0 aromatic heterocycles. The molecule has 96 valence electrons. The highest BCUT2D eigenvalue weighted by molar-refractivity contribution is 7.90. The van der Waals surface area contributed by atoms with Gasteiger partial charge < -0.3 is 0 Å². The zero-order chi connectivity index (χ0) is 12.5. The first-order chi connectivity index (χ1) is 8.07. The number of fused-ring (bicyclic) bond motifs is 1. The van der Waals surface area contributed by atoms with E-state index < -0.39 is 15.3 Å². The molecule has 2 aliphatic rings. The lowest BCUT2D eigenvalue weighted by molar-refractivity contribution is 0.128. The molecular weight excluding hydrogens is 236 g/mol. The molecule has 2 rings (SSSR count). The van der Waals surface area contributed by atoms with Crippen LogP contribution >= 0.6 is 0 Å². The van der Waals surface area contributed by atoms with Gasteiger partial charge in [0.25, 0.3) is 0 Å². The third kappa shape index (κ3) is 2.34. The van der Waals surface area contributed by atoms with E-state index in [1.165, 1.54) is 13.3 Å². The zero-order valence-electron chi connectivity index (χ0n) is 10.3. The van der Waals surface area contributed by atoms with Crippen LogP contribution in [0.5, 0.6) is 0 Å². The van der Waals surface area contributed by atoms with Crippen molar-refractivity contribution < 1.29 is 8.42 Å². The van der Waals surface area contributed by atoms with Crippen LogP contribution in [0.3, 0.4) is 0 Å². The maximum Gasteiger partial charge on any atom is 0.230 e. The van der Waals surface area contributed by atoms with Crippen LogP contribution in [0, 0.1) is 17.2 Å². The summed E-state index contributed by atoms with van der Waals surface area (Å²) in [5.74, 6) is 0.526. The summed E-state index contributed by atoms with van der Waals surface area (Å²) in [6.07, 6.45) is 6.56. The molecule has 1 aliphatic carbocycles. The molecule has 1 saturated heterocycles. The Hall–Kier alpha value is -0.600. The average Bonchev–Trinajstić information content (AvgIpc) is 2.37. The third-order valence-electron chi connectivity index (χ3n) is 4.15. The predicted molar refractivity (Wildman–Crippen MR) is 65.7 cm³/mol. The molecule has 1 saturated carbocycles. The van der Waals surface area contributed by atoms with Gasteiger partial charge >= 0.3 is 0 Å². The maximum absolute atomic E-state index is 12.3. The Morgan fingerprint density at radius 2 is 1.88 bits per heavy atom. The monoisotopic (exact) mass is 256 g/mol. The largest absolute Gasteiger partial charge is 0.230 e. The molecule has 4 nitrogen and oxygen atoms in total. The highest BCUT2D eigenvalue weighted by Gasteiger charge is 2.41. The lowest BCUT2D eigenvalue weighted by Gasteiger charge is -2.43. The van der Waals surface area contributed by atoms with E-state index in [1.807, 2.05) is 6.07 Å². The Morgan fingerprint density at radius 1 is 1.24 bits per heavy atom. The SMILES string of the molecule is CC(C#N)S(=O)(=O)N1CCC[C@H]2CCCC[C@H]21. The van der Waals surface area contributed by atoms with Crippen LogP contribution in [0.25, 0.3) is 0 Å². The van der Waals surface area contributed by atoms with E-state index >= 15 is 0 Å². The van der Waals surface area contributed by atoms with E-state index in [0.29, 0.717) is 12.5 Å². The molecule has 1 aliphatic heterocycles. The van der Waals surface area contributed by atoms with Crippen LogP contribution in [-0.2, 0) is 10.0 Å². The average molecular weight is 256 g/mol. The number of hydrogen-bond donors (Lipinski definition) is 0. The van der Waals surface area contributed by atoms with Gasteiger partial charge in [0.15, 0.2) is 5.25 Å². The Morgan fingerprint density at radius 3 is 2.59 bits per heavy atom. The molecule has 2 fully saturated rings. The fourth-order valence-electron chi connectivity index (χ4n) is 3.16. The van der Waals surface area contributed by atoms with Crippen LogP contribution in [-0.4, -0.2) is 30.6 Å². The molecule has 0 bridgehead atoms. The highest BCUT2D eigenvalue weighted by Crippen LogP contribution is 2.37. The maximum atomic E-state index is 12.3. The van der Waals surface area contributed by atoms with Crippen molar-refractivity contribution in [1.82, 2.24) is 4.31 Å². The number of nitrogens with zero attached hydrogens (tertiary/aromatic N) is 2. The van der Waals surface area contributed by atoms with Gasteiger partial charge in [-0.3, -0.25) is 0 Å². The molecule has 0 radical (unpaired) electrons. The van der Waals surface area contributed by atoms with Gasteiger partial charge in [-0.05, 0) is 38.5 Å². The van der Waals surface area contributed by atoms with Gasteiger partial charge in [-0.2, -0.15) is 9.57 Å². The first-order valence-electron chi connectivity index (χ1n) is 6.47. The smallest absolute Gasteiger partial charge is 0.211 e. The van der Waals surface area contributed by atoms with Crippen LogP contribution < -0.4 is 0 Å². The lowest BCUT2D eigenvalue weighted by atomic mass is 9.79. The summed E-state index contributed by atoms with van der Waals surface area (Å²) in [6.45, 7) is 2.09. The van der Waals surface area contributed by atoms with Crippen molar-refractivity contribution in [2.75, 3.05) is 6.54 Å². The van der Waals surface area contributed by atoms with E-state index in [-0.39, 0.29) is 6.04 Å². The Bertz CT molecular complexity index is 411. The summed E-state index contributed by atoms with van der Waals surface area (Å²) in [7, 11) is -3.41. The summed E-state index contributed by atoms with van der Waals surface area (Å²) in [5, 5.41) is 7.93. The second-order valence-electron chi connectivity index (χ2n) is 5.18. The van der Waals surface area contributed by atoms with Crippen molar-refractivity contribution in [2.45, 2.75) is 56.7 Å². The van der Waals surface area contributed by atoms with Crippen molar-refractivity contribution in [3.05, 3.63) is 0 Å². The normalized spacial score (nSPS) is 32.5. The van der Waals surface area contributed by atoms with Crippen LogP contribution in [0.1, 0.15) is 45.4 Å². The fourth-order valence-corrected chi connectivity index (χ4v) is 4.74. The molecule has 0 N–H and O–H groups in total. The molecule has 0 aromatic rings. The molecule has 3 atom stereocenters. The molecule has 0 amide bonds. The summed E-state index contributed by atoms with van der Waals surface area (Å²) < 4.78 is 26.2. The first-order valence-corrected chi connectivity index (χ1v) is 7.98. The Balaban J connectivity index is 2.22. The number of sulfonamides is 1. The molecule has 1 unspecified atom stereocenters. The summed E-state index contributed by atoms with van der Waals surface area (Å²) in [5.41, 5.74) is 0. The first kappa shape index (κ1) is 12.8. The quantitative estimate of drug-likeness (QED) is 0.758. The van der Waals surface area contributed by atoms with Gasteiger partial charge in [0.1, 0.15) is 0 Å². The van der Waals surface area contributed by atoms with E-state index in [2.05, 4.69) is 0 Å². The summed E-state index contributed by atoms with van der Waals surface area (Å²) in [4.78, 5) is 0. The predicted octanol–water partition coefficient (Wildman–Crippen LogP) is 1.88. The summed E-state index contributed by atoms with van der Waals surface area (Å²) in [6, 6.07) is 2.03. The minimum atomic E-state index is -3.41. The van der Waals surface area contributed by atoms with Crippen LogP contribution in [0.4, 0.5) is 0 Å². The molecule has 1 heterocycles. The zero-order valence-corrected chi connectivity index (χ0v) is 11.1. The number of nitriles is 1. The molecule has 0 spiro atoms. The second-order valence-corrected chi connectivity index (χ2v) is 7.39. The summed E-state index contributed by atoms with van der Waals surface area (Å²) >= 11 is 0. The lowest BCUT2D eigenvalue weighted by Crippen LogP contribution is -2.51. The van der Waals surface area contributed by atoms with E-state index in [4.69, 9.17) is 5.26 Å². The van der Waals surface area contributed by atoms with E-state index in [9.17, 15) is 8.42 Å². The van der Waals surface area contributed by atoms with Crippen molar-refractivity contribution in [2.24, 2.45) is 5.92 Å². The highest BCUT2D eigenvalue weighted by atomic mass is 32.2. The van der Waals surface area contributed by atoms with Crippen molar-refractivity contribution in [3.63, 3.8) is 0 Å². The van der Waals surface area contributed by atoms with Crippen molar-refractivity contribution in [3.8, 4) is 6.07 Å². The fraction of sp³-hybridized carbons (Fsp3) is 0.917. The van der Waals surface area contributed by atoms with Crippen molar-refractivity contribution >= 4 is 10.0 Å². The van der Waals surface area contributed by atoms with Gasteiger partial charge in [-0.1, -0.05) is 12.8 Å². The minimum absolute atomic E-state index is 0.165. The van der Waals surface area contributed by atoms with Gasteiger partial charge in [0.05, 0.1) is 6.07 Å². The Labute approximate surface area is 104 Å². The molecular formula is C12H20N2O2S. The number of piperidine rings is 1. The minimum Gasteiger partial charge on any atom is -0.211 e. The van der Waals surface area contributed by atoms with E-state index in [1.54, 1.807) is 4.31 Å². The third-order valence-corrected chi connectivity index (χ3v) is 6.25. The topological polar surface area (TPSA) is 61.2 Å². The van der Waals surface area contributed by atoms with Crippen molar-refractivity contribution in [1.29, 1.82) is 5.26 Å². The van der Waals surface area contributed by atoms with Crippen LogP contribution in [0.15, 0.2) is 0 Å². The van der Waals surface area contributed by atoms with Gasteiger partial charge in [0.2, 0.25) is 10.0 Å². The van der Waals surface area contributed by atoms with Gasteiger partial charge in [0, 0.05) is 12.6 Å². The molecule has 0 aromatic carbocycles. The van der Waals surface area contributed by atoms with Crippen LogP contribution in [0.2, 0.25) is 0 Å².